The summed E-state index contributed by atoms with van der Waals surface area (Å²) in [5, 5.41) is 8.84. The van der Waals surface area contributed by atoms with E-state index in [4.69, 9.17) is 9.84 Å². The summed E-state index contributed by atoms with van der Waals surface area (Å²) in [5.74, 6) is -1.06. The monoisotopic (exact) mass is 248 g/mol. The van der Waals surface area contributed by atoms with Gasteiger partial charge < -0.3 is 9.84 Å². The highest BCUT2D eigenvalue weighted by Gasteiger charge is 2.10. The van der Waals surface area contributed by atoms with Crippen LogP contribution in [0.25, 0.3) is 0 Å². The zero-order chi connectivity index (χ0) is 13.1. The number of rotatable bonds is 3. The molecule has 0 aliphatic carbocycles. The van der Waals surface area contributed by atoms with E-state index in [2.05, 4.69) is 9.97 Å². The molecule has 0 aliphatic heterocycles. The van der Waals surface area contributed by atoms with Crippen molar-refractivity contribution < 1.29 is 19.0 Å². The Morgan fingerprint density at radius 2 is 2.11 bits per heavy atom. The summed E-state index contributed by atoms with van der Waals surface area (Å²) in [6.07, 6.45) is 0. The van der Waals surface area contributed by atoms with Crippen molar-refractivity contribution in [3.8, 4) is 11.6 Å². The maximum atomic E-state index is 12.9. The number of carboxylic acids is 1. The fourth-order valence-corrected chi connectivity index (χ4v) is 1.35. The van der Waals surface area contributed by atoms with Crippen molar-refractivity contribution in [2.75, 3.05) is 0 Å². The second-order valence-electron chi connectivity index (χ2n) is 3.50. The molecule has 2 aromatic rings. The lowest BCUT2D eigenvalue weighted by molar-refractivity contribution is 0.0689. The first kappa shape index (κ1) is 12.0. The number of benzene rings is 1. The van der Waals surface area contributed by atoms with Crippen LogP contribution in [-0.4, -0.2) is 21.0 Å². The van der Waals surface area contributed by atoms with Gasteiger partial charge in [-0.25, -0.2) is 14.2 Å². The van der Waals surface area contributed by atoms with Crippen LogP contribution in [0.3, 0.4) is 0 Å². The smallest absolute Gasteiger partial charge is 0.354 e. The minimum absolute atomic E-state index is 0.0606. The molecule has 0 saturated carbocycles. The van der Waals surface area contributed by atoms with E-state index in [0.29, 0.717) is 0 Å². The van der Waals surface area contributed by atoms with E-state index in [9.17, 15) is 9.18 Å². The van der Waals surface area contributed by atoms with E-state index < -0.39 is 11.8 Å². The Labute approximate surface area is 102 Å². The van der Waals surface area contributed by atoms with Crippen molar-refractivity contribution in [1.29, 1.82) is 0 Å². The van der Waals surface area contributed by atoms with Gasteiger partial charge in [0.2, 0.25) is 5.88 Å². The number of halogens is 1. The highest BCUT2D eigenvalue weighted by Crippen LogP contribution is 2.20. The highest BCUT2D eigenvalue weighted by atomic mass is 19.1. The van der Waals surface area contributed by atoms with Crippen LogP contribution in [0.15, 0.2) is 30.3 Å². The van der Waals surface area contributed by atoms with Crippen LogP contribution in [-0.2, 0) is 0 Å². The molecule has 5 nitrogen and oxygen atoms in total. The highest BCUT2D eigenvalue weighted by molar-refractivity contribution is 5.85. The number of hydrogen-bond acceptors (Lipinski definition) is 4. The summed E-state index contributed by atoms with van der Waals surface area (Å²) in [6.45, 7) is 1.55. The Bertz CT molecular complexity index is 602. The van der Waals surface area contributed by atoms with Crippen molar-refractivity contribution >= 4 is 5.97 Å². The lowest BCUT2D eigenvalue weighted by atomic mass is 10.3. The summed E-state index contributed by atoms with van der Waals surface area (Å²) in [4.78, 5) is 18.5. The third kappa shape index (κ3) is 2.79. The molecule has 0 atom stereocenters. The van der Waals surface area contributed by atoms with Crippen molar-refractivity contribution in [2.24, 2.45) is 0 Å². The topological polar surface area (TPSA) is 72.3 Å². The Kier molecular flexibility index (Phi) is 3.18. The molecule has 0 radical (unpaired) electrons. The number of carboxylic acid groups (broad SMARTS) is 1. The minimum Gasteiger partial charge on any atom is -0.477 e. The molecule has 92 valence electrons. The molecule has 0 aliphatic rings. The maximum absolute atomic E-state index is 12.9. The van der Waals surface area contributed by atoms with Gasteiger partial charge in [0.15, 0.2) is 5.69 Å². The number of nitrogens with zero attached hydrogens (tertiary/aromatic N) is 2. The van der Waals surface area contributed by atoms with Gasteiger partial charge in [-0.2, -0.15) is 4.98 Å². The molecular weight excluding hydrogens is 239 g/mol. The van der Waals surface area contributed by atoms with Crippen LogP contribution < -0.4 is 4.74 Å². The Morgan fingerprint density at radius 1 is 1.33 bits per heavy atom. The number of hydrogen-bond donors (Lipinski definition) is 1. The molecule has 1 aromatic carbocycles. The third-order valence-corrected chi connectivity index (χ3v) is 2.05. The number of carbonyl (C=O) groups is 1. The van der Waals surface area contributed by atoms with Gasteiger partial charge in [-0.3, -0.25) is 0 Å². The van der Waals surface area contributed by atoms with Gasteiger partial charge in [-0.15, -0.1) is 0 Å². The quantitative estimate of drug-likeness (QED) is 0.902. The van der Waals surface area contributed by atoms with E-state index in [1.54, 1.807) is 13.0 Å². The summed E-state index contributed by atoms with van der Waals surface area (Å²) in [5.41, 5.74) is -0.172. The van der Waals surface area contributed by atoms with Crippen molar-refractivity contribution in [1.82, 2.24) is 9.97 Å². The summed E-state index contributed by atoms with van der Waals surface area (Å²) in [6, 6.07) is 6.66. The van der Waals surface area contributed by atoms with Crippen molar-refractivity contribution in [2.45, 2.75) is 6.92 Å². The molecule has 0 unspecified atom stereocenters. The number of ether oxygens (including phenoxy) is 1. The fraction of sp³-hybridized carbons (Fsp3) is 0.0833. The van der Waals surface area contributed by atoms with Gasteiger partial charge in [0.1, 0.15) is 17.4 Å². The average molecular weight is 248 g/mol. The standard InChI is InChI=1S/C12H9FN2O3/c1-7-14-10(12(16)17)6-11(15-7)18-9-4-2-3-8(13)5-9/h2-6H,1H3,(H,16,17). The Balaban J connectivity index is 2.31. The van der Waals surface area contributed by atoms with Crippen LogP contribution >= 0.6 is 0 Å². The third-order valence-electron chi connectivity index (χ3n) is 2.05. The number of aromatic carboxylic acids is 1. The number of aromatic nitrogens is 2. The van der Waals surface area contributed by atoms with Crippen LogP contribution in [0.4, 0.5) is 4.39 Å². The molecule has 0 spiro atoms. The van der Waals surface area contributed by atoms with Crippen molar-refractivity contribution in [3.63, 3.8) is 0 Å². The first-order chi connectivity index (χ1) is 8.54. The lowest BCUT2D eigenvalue weighted by Crippen LogP contribution is -2.04. The molecule has 1 heterocycles. The lowest BCUT2D eigenvalue weighted by Gasteiger charge is -2.06. The molecule has 1 aromatic heterocycles. The summed E-state index contributed by atoms with van der Waals surface area (Å²) in [7, 11) is 0. The van der Waals surface area contributed by atoms with Crippen LogP contribution in [0, 0.1) is 12.7 Å². The van der Waals surface area contributed by atoms with Gasteiger partial charge in [0.05, 0.1) is 0 Å². The molecular formula is C12H9FN2O3. The second-order valence-corrected chi connectivity index (χ2v) is 3.50. The average Bonchev–Trinajstić information content (AvgIpc) is 2.28. The van der Waals surface area contributed by atoms with E-state index in [1.165, 1.54) is 24.3 Å². The predicted molar refractivity (Wildman–Crippen MR) is 60.2 cm³/mol. The summed E-state index contributed by atoms with van der Waals surface area (Å²) >= 11 is 0. The molecule has 0 amide bonds. The molecule has 0 bridgehead atoms. The molecule has 1 N–H and O–H groups in total. The molecule has 0 fully saturated rings. The van der Waals surface area contributed by atoms with E-state index in [-0.39, 0.29) is 23.1 Å². The first-order valence-electron chi connectivity index (χ1n) is 5.07. The van der Waals surface area contributed by atoms with Gasteiger partial charge in [-0.1, -0.05) is 6.07 Å². The zero-order valence-corrected chi connectivity index (χ0v) is 9.42. The molecule has 0 saturated heterocycles. The number of aryl methyl sites for hydroxylation is 1. The summed E-state index contributed by atoms with van der Waals surface area (Å²) < 4.78 is 18.2. The SMILES string of the molecule is Cc1nc(Oc2cccc(F)c2)cc(C(=O)O)n1. The minimum atomic E-state index is -1.18. The van der Waals surface area contributed by atoms with Gasteiger partial charge >= 0.3 is 5.97 Å². The molecule has 2 rings (SSSR count). The van der Waals surface area contributed by atoms with E-state index in [0.717, 1.165) is 0 Å². The normalized spacial score (nSPS) is 10.1. The van der Waals surface area contributed by atoms with E-state index in [1.807, 2.05) is 0 Å². The fourth-order valence-electron chi connectivity index (χ4n) is 1.35. The largest absolute Gasteiger partial charge is 0.477 e. The second kappa shape index (κ2) is 4.79. The van der Waals surface area contributed by atoms with Crippen LogP contribution in [0.2, 0.25) is 0 Å². The van der Waals surface area contributed by atoms with Crippen molar-refractivity contribution in [3.05, 3.63) is 47.7 Å². The molecule has 6 heteroatoms. The van der Waals surface area contributed by atoms with Gasteiger partial charge in [0, 0.05) is 12.1 Å². The Morgan fingerprint density at radius 3 is 2.78 bits per heavy atom. The van der Waals surface area contributed by atoms with Gasteiger partial charge in [0.25, 0.3) is 0 Å². The zero-order valence-electron chi connectivity index (χ0n) is 9.42. The van der Waals surface area contributed by atoms with E-state index >= 15 is 0 Å². The maximum Gasteiger partial charge on any atom is 0.354 e. The predicted octanol–water partition coefficient (Wildman–Crippen LogP) is 2.41. The van der Waals surface area contributed by atoms with Gasteiger partial charge in [-0.05, 0) is 19.1 Å². The van der Waals surface area contributed by atoms with Crippen LogP contribution in [0.1, 0.15) is 16.3 Å². The first-order valence-corrected chi connectivity index (χ1v) is 5.07. The molecule has 18 heavy (non-hydrogen) atoms. The van der Waals surface area contributed by atoms with Crippen LogP contribution in [0.5, 0.6) is 11.6 Å². The Hall–Kier alpha value is -2.50.